The summed E-state index contributed by atoms with van der Waals surface area (Å²) >= 11 is 6.11. The second-order valence-corrected chi connectivity index (χ2v) is 5.20. The van der Waals surface area contributed by atoms with Crippen LogP contribution in [-0.2, 0) is 9.59 Å². The monoisotopic (exact) mass is 295 g/mol. The van der Waals surface area contributed by atoms with Crippen LogP contribution in [0.4, 0.5) is 0 Å². The first-order valence-corrected chi connectivity index (χ1v) is 6.98. The quantitative estimate of drug-likeness (QED) is 0.869. The number of nitrogens with zero attached hydrogens (tertiary/aromatic N) is 1. The minimum absolute atomic E-state index is 0.0220. The van der Waals surface area contributed by atoms with Gasteiger partial charge in [0.2, 0.25) is 11.8 Å². The number of hydrogen-bond donors (Lipinski definition) is 2. The van der Waals surface area contributed by atoms with E-state index in [4.69, 9.17) is 11.6 Å². The van der Waals surface area contributed by atoms with Gasteiger partial charge in [-0.15, -0.1) is 0 Å². The van der Waals surface area contributed by atoms with Crippen LogP contribution in [0.3, 0.4) is 0 Å². The third-order valence-corrected chi connectivity index (χ3v) is 3.67. The van der Waals surface area contributed by atoms with Crippen LogP contribution >= 0.6 is 11.6 Å². The van der Waals surface area contributed by atoms with E-state index in [0.717, 1.165) is 5.56 Å². The van der Waals surface area contributed by atoms with E-state index in [1.54, 1.807) is 4.90 Å². The number of rotatable bonds is 4. The lowest BCUT2D eigenvalue weighted by Gasteiger charge is -2.27. The van der Waals surface area contributed by atoms with E-state index in [2.05, 4.69) is 10.6 Å². The maximum absolute atomic E-state index is 12.0. The van der Waals surface area contributed by atoms with Crippen molar-refractivity contribution in [3.05, 3.63) is 34.9 Å². The van der Waals surface area contributed by atoms with Gasteiger partial charge in [0, 0.05) is 24.2 Å². The van der Waals surface area contributed by atoms with Crippen molar-refractivity contribution in [2.45, 2.75) is 13.0 Å². The van der Waals surface area contributed by atoms with Gasteiger partial charge in [0.25, 0.3) is 0 Å². The van der Waals surface area contributed by atoms with Crippen molar-refractivity contribution in [2.75, 3.05) is 26.2 Å². The van der Waals surface area contributed by atoms with Crippen LogP contribution in [0, 0.1) is 0 Å². The summed E-state index contributed by atoms with van der Waals surface area (Å²) < 4.78 is 0. The Morgan fingerprint density at radius 2 is 2.25 bits per heavy atom. The largest absolute Gasteiger partial charge is 0.353 e. The molecule has 1 aromatic carbocycles. The van der Waals surface area contributed by atoms with Gasteiger partial charge < -0.3 is 15.5 Å². The molecule has 0 radical (unpaired) electrons. The lowest BCUT2D eigenvalue weighted by molar-refractivity contribution is -0.137. The third kappa shape index (κ3) is 3.71. The number of benzene rings is 1. The summed E-state index contributed by atoms with van der Waals surface area (Å²) in [7, 11) is 0. The van der Waals surface area contributed by atoms with Crippen molar-refractivity contribution in [1.29, 1.82) is 0 Å². The first kappa shape index (κ1) is 14.8. The molecule has 1 aliphatic rings. The zero-order chi connectivity index (χ0) is 14.5. The van der Waals surface area contributed by atoms with Gasteiger partial charge in [-0.25, -0.2) is 0 Å². The maximum atomic E-state index is 12.0. The van der Waals surface area contributed by atoms with E-state index in [1.165, 1.54) is 0 Å². The Kier molecular flexibility index (Phi) is 4.98. The zero-order valence-electron chi connectivity index (χ0n) is 11.4. The second kappa shape index (κ2) is 6.72. The van der Waals surface area contributed by atoms with Gasteiger partial charge in [-0.05, 0) is 18.6 Å². The zero-order valence-corrected chi connectivity index (χ0v) is 12.1. The molecule has 1 atom stereocenters. The van der Waals surface area contributed by atoms with Gasteiger partial charge in [-0.1, -0.05) is 29.8 Å². The molecule has 108 valence electrons. The van der Waals surface area contributed by atoms with Crippen molar-refractivity contribution in [2.24, 2.45) is 0 Å². The molecule has 0 bridgehead atoms. The minimum Gasteiger partial charge on any atom is -0.353 e. The van der Waals surface area contributed by atoms with Crippen LogP contribution < -0.4 is 10.6 Å². The van der Waals surface area contributed by atoms with E-state index in [-0.39, 0.29) is 30.9 Å². The highest BCUT2D eigenvalue weighted by Gasteiger charge is 2.21. The summed E-state index contributed by atoms with van der Waals surface area (Å²) in [4.78, 5) is 24.8. The molecule has 0 saturated carbocycles. The van der Waals surface area contributed by atoms with Crippen LogP contribution in [0.25, 0.3) is 0 Å². The molecule has 2 rings (SSSR count). The fourth-order valence-corrected chi connectivity index (χ4v) is 2.44. The Bertz CT molecular complexity index is 507. The minimum atomic E-state index is -0.108. The molecular weight excluding hydrogens is 278 g/mol. The average molecular weight is 296 g/mol. The van der Waals surface area contributed by atoms with Crippen LogP contribution in [0.5, 0.6) is 0 Å². The molecule has 1 aromatic rings. The first-order chi connectivity index (χ1) is 9.58. The second-order valence-electron chi connectivity index (χ2n) is 4.79. The van der Waals surface area contributed by atoms with Crippen molar-refractivity contribution in [3.8, 4) is 0 Å². The van der Waals surface area contributed by atoms with E-state index >= 15 is 0 Å². The van der Waals surface area contributed by atoms with Gasteiger partial charge in [-0.2, -0.15) is 0 Å². The van der Waals surface area contributed by atoms with Crippen molar-refractivity contribution in [3.63, 3.8) is 0 Å². The summed E-state index contributed by atoms with van der Waals surface area (Å²) in [6.07, 6.45) is 0. The van der Waals surface area contributed by atoms with Crippen molar-refractivity contribution in [1.82, 2.24) is 15.5 Å². The molecule has 1 saturated heterocycles. The number of piperazine rings is 1. The van der Waals surface area contributed by atoms with E-state index in [1.807, 2.05) is 31.2 Å². The summed E-state index contributed by atoms with van der Waals surface area (Å²) in [6.45, 7) is 3.37. The number of amides is 2. The molecule has 0 aliphatic carbocycles. The SMILES string of the molecule is CC(NCC(=O)N1CCNC(=O)C1)c1ccccc1Cl. The van der Waals surface area contributed by atoms with Gasteiger partial charge >= 0.3 is 0 Å². The normalized spacial score (nSPS) is 16.7. The molecule has 1 unspecified atom stereocenters. The average Bonchev–Trinajstić information content (AvgIpc) is 2.45. The van der Waals surface area contributed by atoms with Crippen LogP contribution in [0.2, 0.25) is 5.02 Å². The topological polar surface area (TPSA) is 61.4 Å². The summed E-state index contributed by atoms with van der Waals surface area (Å²) in [5.41, 5.74) is 0.957. The highest BCUT2D eigenvalue weighted by atomic mass is 35.5. The van der Waals surface area contributed by atoms with Crippen molar-refractivity contribution >= 4 is 23.4 Å². The molecule has 2 amide bonds. The Balaban J connectivity index is 1.87. The number of nitrogens with one attached hydrogen (secondary N) is 2. The summed E-state index contributed by atoms with van der Waals surface area (Å²) in [6, 6.07) is 7.52. The Labute approximate surface area is 123 Å². The molecule has 1 fully saturated rings. The van der Waals surface area contributed by atoms with E-state index in [0.29, 0.717) is 18.1 Å². The number of carbonyl (C=O) groups excluding carboxylic acids is 2. The smallest absolute Gasteiger partial charge is 0.239 e. The van der Waals surface area contributed by atoms with Crippen LogP contribution in [0.1, 0.15) is 18.5 Å². The lowest BCUT2D eigenvalue weighted by Crippen LogP contribution is -2.52. The molecule has 0 aromatic heterocycles. The van der Waals surface area contributed by atoms with Gasteiger partial charge in [-0.3, -0.25) is 9.59 Å². The Hall–Kier alpha value is -1.59. The lowest BCUT2D eigenvalue weighted by atomic mass is 10.1. The molecule has 20 heavy (non-hydrogen) atoms. The number of hydrogen-bond acceptors (Lipinski definition) is 3. The summed E-state index contributed by atoms with van der Waals surface area (Å²) in [5.74, 6) is -0.178. The standard InChI is InChI=1S/C14H18ClN3O2/c1-10(11-4-2-3-5-12(11)15)17-8-14(20)18-7-6-16-13(19)9-18/h2-5,10,17H,6-9H2,1H3,(H,16,19). The Morgan fingerprint density at radius 3 is 2.95 bits per heavy atom. The van der Waals surface area contributed by atoms with Gasteiger partial charge in [0.15, 0.2) is 0 Å². The van der Waals surface area contributed by atoms with Crippen LogP contribution in [0.15, 0.2) is 24.3 Å². The number of halogens is 1. The highest BCUT2D eigenvalue weighted by molar-refractivity contribution is 6.31. The molecule has 1 aliphatic heterocycles. The van der Waals surface area contributed by atoms with Gasteiger partial charge in [0.05, 0.1) is 13.1 Å². The third-order valence-electron chi connectivity index (χ3n) is 3.32. The fourth-order valence-electron chi connectivity index (χ4n) is 2.14. The van der Waals surface area contributed by atoms with E-state index < -0.39 is 0 Å². The maximum Gasteiger partial charge on any atom is 0.239 e. The predicted molar refractivity (Wildman–Crippen MR) is 77.5 cm³/mol. The predicted octanol–water partition coefficient (Wildman–Crippen LogP) is 0.949. The van der Waals surface area contributed by atoms with E-state index in [9.17, 15) is 9.59 Å². The first-order valence-electron chi connectivity index (χ1n) is 6.60. The molecule has 5 nitrogen and oxygen atoms in total. The molecule has 1 heterocycles. The summed E-state index contributed by atoms with van der Waals surface area (Å²) in [5, 5.41) is 6.52. The Morgan fingerprint density at radius 1 is 1.50 bits per heavy atom. The molecule has 2 N–H and O–H groups in total. The van der Waals surface area contributed by atoms with Crippen molar-refractivity contribution < 1.29 is 9.59 Å². The van der Waals surface area contributed by atoms with Gasteiger partial charge in [0.1, 0.15) is 0 Å². The van der Waals surface area contributed by atoms with Crippen LogP contribution in [-0.4, -0.2) is 42.9 Å². The number of carbonyl (C=O) groups is 2. The molecule has 6 heteroatoms. The molecular formula is C14H18ClN3O2. The molecule has 0 spiro atoms. The fraction of sp³-hybridized carbons (Fsp3) is 0.429. The highest BCUT2D eigenvalue weighted by Crippen LogP contribution is 2.21.